The van der Waals surface area contributed by atoms with E-state index in [0.717, 1.165) is 11.1 Å². The first-order valence-electron chi connectivity index (χ1n) is 6.34. The molecule has 2 N–H and O–H groups in total. The molecule has 0 atom stereocenters. The third-order valence-corrected chi connectivity index (χ3v) is 5.94. The molecule has 21 heavy (non-hydrogen) atoms. The van der Waals surface area contributed by atoms with Gasteiger partial charge in [0.2, 0.25) is 0 Å². The number of aryl methyl sites for hydroxylation is 2. The van der Waals surface area contributed by atoms with Gasteiger partial charge in [0.25, 0.3) is 10.0 Å². The molecule has 0 saturated heterocycles. The predicted octanol–water partition coefficient (Wildman–Crippen LogP) is 3.47. The van der Waals surface area contributed by atoms with E-state index in [1.165, 1.54) is 10.4 Å². The van der Waals surface area contributed by atoms with Crippen LogP contribution in [0.5, 0.6) is 0 Å². The zero-order valence-electron chi connectivity index (χ0n) is 12.1. The van der Waals surface area contributed by atoms with E-state index in [2.05, 4.69) is 15.9 Å². The van der Waals surface area contributed by atoms with Crippen molar-refractivity contribution in [1.82, 2.24) is 0 Å². The molecule has 0 heterocycles. The molecule has 2 rings (SSSR count). The number of nitrogen functional groups attached to an aromatic ring is 1. The van der Waals surface area contributed by atoms with Crippen molar-refractivity contribution in [2.24, 2.45) is 0 Å². The van der Waals surface area contributed by atoms with Crippen LogP contribution in [0.25, 0.3) is 0 Å². The summed E-state index contributed by atoms with van der Waals surface area (Å²) >= 11 is 3.27. The molecule has 0 aliphatic carbocycles. The molecule has 0 aromatic heterocycles. The first kappa shape index (κ1) is 15.9. The monoisotopic (exact) mass is 368 g/mol. The first-order chi connectivity index (χ1) is 9.71. The minimum Gasteiger partial charge on any atom is -0.399 e. The van der Waals surface area contributed by atoms with Gasteiger partial charge in [-0.3, -0.25) is 4.31 Å². The molecule has 0 fully saturated rings. The Balaban J connectivity index is 2.55. The lowest BCUT2D eigenvalue weighted by Gasteiger charge is -2.21. The fraction of sp³-hybridized carbons (Fsp3) is 0.200. The maximum atomic E-state index is 12.8. The van der Waals surface area contributed by atoms with Crippen molar-refractivity contribution in [2.45, 2.75) is 18.7 Å². The molecule has 0 saturated carbocycles. The van der Waals surface area contributed by atoms with Crippen molar-refractivity contribution < 1.29 is 8.42 Å². The van der Waals surface area contributed by atoms with Crippen LogP contribution in [0.2, 0.25) is 0 Å². The van der Waals surface area contributed by atoms with Crippen molar-refractivity contribution in [3.05, 3.63) is 52.0 Å². The van der Waals surface area contributed by atoms with Gasteiger partial charge in [0.1, 0.15) is 4.90 Å². The Bertz CT molecular complexity index is 768. The van der Waals surface area contributed by atoms with Gasteiger partial charge in [-0.05, 0) is 71.2 Å². The number of benzene rings is 2. The van der Waals surface area contributed by atoms with E-state index in [1.807, 2.05) is 32.0 Å². The van der Waals surface area contributed by atoms with Crippen LogP contribution in [0.4, 0.5) is 11.4 Å². The molecule has 0 aliphatic rings. The Kier molecular flexibility index (Phi) is 4.30. The lowest BCUT2D eigenvalue weighted by Crippen LogP contribution is -2.27. The summed E-state index contributed by atoms with van der Waals surface area (Å²) in [6.07, 6.45) is 0. The first-order valence-corrected chi connectivity index (χ1v) is 8.57. The molecule has 112 valence electrons. The average molecular weight is 369 g/mol. The summed E-state index contributed by atoms with van der Waals surface area (Å²) in [7, 11) is -2.13. The Morgan fingerprint density at radius 1 is 1.05 bits per heavy atom. The number of halogens is 1. The van der Waals surface area contributed by atoms with Crippen molar-refractivity contribution in [2.75, 3.05) is 17.1 Å². The summed E-state index contributed by atoms with van der Waals surface area (Å²) in [5.74, 6) is 0. The van der Waals surface area contributed by atoms with Crippen LogP contribution in [0.1, 0.15) is 11.1 Å². The van der Waals surface area contributed by atoms with Crippen LogP contribution in [0, 0.1) is 13.8 Å². The zero-order chi connectivity index (χ0) is 15.8. The largest absolute Gasteiger partial charge is 0.399 e. The molecule has 0 aliphatic heterocycles. The Morgan fingerprint density at radius 2 is 1.62 bits per heavy atom. The van der Waals surface area contributed by atoms with Gasteiger partial charge in [-0.15, -0.1) is 0 Å². The summed E-state index contributed by atoms with van der Waals surface area (Å²) in [5, 5.41) is 0. The van der Waals surface area contributed by atoms with Gasteiger partial charge in [-0.25, -0.2) is 8.42 Å². The molecular weight excluding hydrogens is 352 g/mol. The smallest absolute Gasteiger partial charge is 0.265 e. The standard InChI is InChI=1S/C15H17BrN2O2S/c1-10-6-11(2)8-13(7-10)18(3)21(19,20)15-9-12(17)4-5-14(15)16/h4-9H,17H2,1-3H3. The Morgan fingerprint density at radius 3 is 2.19 bits per heavy atom. The minimum absolute atomic E-state index is 0.157. The van der Waals surface area contributed by atoms with Gasteiger partial charge in [-0.1, -0.05) is 6.07 Å². The SMILES string of the molecule is Cc1cc(C)cc(N(C)S(=O)(=O)c2cc(N)ccc2Br)c1. The summed E-state index contributed by atoms with van der Waals surface area (Å²) in [4.78, 5) is 0.157. The molecule has 4 nitrogen and oxygen atoms in total. The molecule has 2 aromatic rings. The molecular formula is C15H17BrN2O2S. The summed E-state index contributed by atoms with van der Waals surface area (Å²) < 4.78 is 27.3. The second-order valence-electron chi connectivity index (χ2n) is 5.01. The van der Waals surface area contributed by atoms with Crippen LogP contribution in [-0.2, 0) is 10.0 Å². The normalized spacial score (nSPS) is 11.4. The van der Waals surface area contributed by atoms with E-state index < -0.39 is 10.0 Å². The number of nitrogens with two attached hydrogens (primary N) is 1. The van der Waals surface area contributed by atoms with Crippen molar-refractivity contribution in [3.8, 4) is 0 Å². The number of anilines is 2. The van der Waals surface area contributed by atoms with Crippen molar-refractivity contribution in [1.29, 1.82) is 0 Å². The van der Waals surface area contributed by atoms with Crippen LogP contribution < -0.4 is 10.0 Å². The third-order valence-electron chi connectivity index (χ3n) is 3.16. The maximum absolute atomic E-state index is 12.8. The predicted molar refractivity (Wildman–Crippen MR) is 90.1 cm³/mol. The van der Waals surface area contributed by atoms with E-state index >= 15 is 0 Å². The second kappa shape index (κ2) is 5.69. The maximum Gasteiger partial charge on any atom is 0.265 e. The topological polar surface area (TPSA) is 63.4 Å². The van der Waals surface area contributed by atoms with Crippen molar-refractivity contribution >= 4 is 37.3 Å². The summed E-state index contributed by atoms with van der Waals surface area (Å²) in [6, 6.07) is 10.4. The molecule has 0 amide bonds. The number of sulfonamides is 1. The van der Waals surface area contributed by atoms with E-state index in [9.17, 15) is 8.42 Å². The zero-order valence-corrected chi connectivity index (χ0v) is 14.5. The fourth-order valence-corrected chi connectivity index (χ4v) is 4.27. The highest BCUT2D eigenvalue weighted by Gasteiger charge is 2.24. The second-order valence-corrected chi connectivity index (χ2v) is 7.80. The lowest BCUT2D eigenvalue weighted by atomic mass is 10.1. The highest BCUT2D eigenvalue weighted by Crippen LogP contribution is 2.30. The van der Waals surface area contributed by atoms with Gasteiger partial charge < -0.3 is 5.73 Å². The highest BCUT2D eigenvalue weighted by molar-refractivity contribution is 9.10. The van der Waals surface area contributed by atoms with E-state index in [1.54, 1.807) is 19.2 Å². The number of rotatable bonds is 3. The van der Waals surface area contributed by atoms with E-state index in [-0.39, 0.29) is 4.90 Å². The number of nitrogens with zero attached hydrogens (tertiary/aromatic N) is 1. The molecule has 2 aromatic carbocycles. The summed E-state index contributed by atoms with van der Waals surface area (Å²) in [6.45, 7) is 3.88. The molecule has 0 unspecified atom stereocenters. The van der Waals surface area contributed by atoms with E-state index in [0.29, 0.717) is 15.8 Å². The van der Waals surface area contributed by atoms with Crippen LogP contribution >= 0.6 is 15.9 Å². The Labute approximate surface area is 133 Å². The van der Waals surface area contributed by atoms with E-state index in [4.69, 9.17) is 5.73 Å². The molecule has 0 bridgehead atoms. The van der Waals surface area contributed by atoms with Gasteiger partial charge in [0.15, 0.2) is 0 Å². The number of hydrogen-bond acceptors (Lipinski definition) is 3. The molecule has 6 heteroatoms. The fourth-order valence-electron chi connectivity index (χ4n) is 2.14. The highest BCUT2D eigenvalue weighted by atomic mass is 79.9. The lowest BCUT2D eigenvalue weighted by molar-refractivity contribution is 0.594. The van der Waals surface area contributed by atoms with Crippen LogP contribution in [0.3, 0.4) is 0 Å². The quantitative estimate of drug-likeness (QED) is 0.843. The van der Waals surface area contributed by atoms with Crippen LogP contribution in [-0.4, -0.2) is 15.5 Å². The molecule has 0 radical (unpaired) electrons. The van der Waals surface area contributed by atoms with Gasteiger partial charge >= 0.3 is 0 Å². The molecule has 0 spiro atoms. The van der Waals surface area contributed by atoms with Gasteiger partial charge in [-0.2, -0.15) is 0 Å². The Hall–Kier alpha value is -1.53. The summed E-state index contributed by atoms with van der Waals surface area (Å²) in [5.41, 5.74) is 8.77. The number of hydrogen-bond donors (Lipinski definition) is 1. The minimum atomic E-state index is -3.67. The van der Waals surface area contributed by atoms with Crippen LogP contribution in [0.15, 0.2) is 45.8 Å². The van der Waals surface area contributed by atoms with Gasteiger partial charge in [0.05, 0.1) is 5.69 Å². The third kappa shape index (κ3) is 3.22. The average Bonchev–Trinajstić information content (AvgIpc) is 2.39. The van der Waals surface area contributed by atoms with Gasteiger partial charge in [0, 0.05) is 17.2 Å². The van der Waals surface area contributed by atoms with Crippen molar-refractivity contribution in [3.63, 3.8) is 0 Å².